The molecule has 0 saturated heterocycles. The van der Waals surface area contributed by atoms with E-state index in [9.17, 15) is 9.59 Å². The zero-order chi connectivity index (χ0) is 24.1. The van der Waals surface area contributed by atoms with Gasteiger partial charge in [-0.25, -0.2) is 4.79 Å². The maximum atomic E-state index is 12.9. The number of amides is 3. The Morgan fingerprint density at radius 3 is 2.29 bits per heavy atom. The normalized spacial score (nSPS) is 14.1. The van der Waals surface area contributed by atoms with Gasteiger partial charge in [0.1, 0.15) is 5.75 Å². The van der Waals surface area contributed by atoms with Gasteiger partial charge in [-0.15, -0.1) is 0 Å². The fraction of sp³-hybridized carbons (Fsp3) is 0.286. The number of benzene rings is 3. The number of urea groups is 1. The molecule has 0 spiro atoms. The second-order valence-corrected chi connectivity index (χ2v) is 8.82. The highest BCUT2D eigenvalue weighted by atomic mass is 16.5. The molecule has 2 N–H and O–H groups in total. The van der Waals surface area contributed by atoms with E-state index in [1.165, 1.54) is 5.56 Å². The minimum absolute atomic E-state index is 0.00400. The Labute approximate surface area is 200 Å². The van der Waals surface area contributed by atoms with Crippen LogP contribution in [-0.4, -0.2) is 23.4 Å². The van der Waals surface area contributed by atoms with Crippen molar-refractivity contribution >= 4 is 23.3 Å². The highest BCUT2D eigenvalue weighted by Crippen LogP contribution is 2.32. The van der Waals surface area contributed by atoms with Crippen molar-refractivity contribution in [3.05, 3.63) is 89.5 Å². The predicted molar refractivity (Wildman–Crippen MR) is 135 cm³/mol. The van der Waals surface area contributed by atoms with Gasteiger partial charge in [-0.3, -0.25) is 4.79 Å². The second-order valence-electron chi connectivity index (χ2n) is 8.82. The van der Waals surface area contributed by atoms with Crippen molar-refractivity contribution in [2.45, 2.75) is 45.7 Å². The van der Waals surface area contributed by atoms with Gasteiger partial charge in [0.25, 0.3) is 5.91 Å². The molecule has 34 heavy (non-hydrogen) atoms. The van der Waals surface area contributed by atoms with Gasteiger partial charge in [0.05, 0.1) is 12.6 Å². The minimum atomic E-state index is -0.324. The van der Waals surface area contributed by atoms with Crippen molar-refractivity contribution in [3.8, 4) is 5.75 Å². The van der Waals surface area contributed by atoms with Crippen LogP contribution in [0.3, 0.4) is 0 Å². The molecular formula is C28H31N3O3. The largest absolute Gasteiger partial charge is 0.483 e. The van der Waals surface area contributed by atoms with Gasteiger partial charge in [-0.2, -0.15) is 0 Å². The van der Waals surface area contributed by atoms with E-state index in [0.717, 1.165) is 23.2 Å². The number of rotatable bonds is 6. The van der Waals surface area contributed by atoms with Crippen LogP contribution in [0, 0.1) is 0 Å². The van der Waals surface area contributed by atoms with Crippen LogP contribution in [0.2, 0.25) is 0 Å². The summed E-state index contributed by atoms with van der Waals surface area (Å²) in [5.74, 6) is 1.04. The van der Waals surface area contributed by atoms with Gasteiger partial charge < -0.3 is 20.3 Å². The van der Waals surface area contributed by atoms with Crippen LogP contribution in [0.1, 0.15) is 55.8 Å². The van der Waals surface area contributed by atoms with Crippen LogP contribution in [-0.2, 0) is 11.3 Å². The Kier molecular flexibility index (Phi) is 7.16. The molecule has 6 nitrogen and oxygen atoms in total. The molecule has 3 amide bonds. The van der Waals surface area contributed by atoms with Crippen molar-refractivity contribution in [2.24, 2.45) is 0 Å². The molecule has 1 aliphatic heterocycles. The summed E-state index contributed by atoms with van der Waals surface area (Å²) in [6, 6.07) is 23.0. The number of ether oxygens (including phenoxy) is 1. The number of anilines is 2. The molecule has 1 atom stereocenters. The molecule has 1 aliphatic rings. The lowest BCUT2D eigenvalue weighted by Crippen LogP contribution is -2.35. The molecule has 0 fully saturated rings. The first kappa shape index (κ1) is 23.4. The predicted octanol–water partition coefficient (Wildman–Crippen LogP) is 6.33. The summed E-state index contributed by atoms with van der Waals surface area (Å²) in [6.07, 6.45) is 0.793. The lowest BCUT2D eigenvalue weighted by molar-refractivity contribution is -0.135. The Hall–Kier alpha value is -3.80. The van der Waals surface area contributed by atoms with E-state index in [2.05, 4.69) is 31.4 Å². The number of fused-ring (bicyclic) bond motifs is 1. The topological polar surface area (TPSA) is 70.7 Å². The summed E-state index contributed by atoms with van der Waals surface area (Å²) in [5.41, 5.74) is 4.54. The summed E-state index contributed by atoms with van der Waals surface area (Å²) in [4.78, 5) is 27.3. The standard InChI is InChI=1S/C28H31N3O3/c1-4-25(21-8-6-5-7-9-21)31-17-22-16-24(14-15-26(22)34-18-27(31)32)30-28(33)29-23-12-10-20(11-13-23)19(2)3/h5-16,19,25H,4,17-18H2,1-3H3,(H2,29,30,33). The summed E-state index contributed by atoms with van der Waals surface area (Å²) >= 11 is 0. The molecule has 0 aliphatic carbocycles. The van der Waals surface area contributed by atoms with Crippen molar-refractivity contribution in [1.82, 2.24) is 4.90 Å². The van der Waals surface area contributed by atoms with Crippen LogP contribution in [0.25, 0.3) is 0 Å². The van der Waals surface area contributed by atoms with Crippen LogP contribution >= 0.6 is 0 Å². The first-order valence-corrected chi connectivity index (χ1v) is 11.7. The average molecular weight is 458 g/mol. The van der Waals surface area contributed by atoms with Crippen molar-refractivity contribution in [1.29, 1.82) is 0 Å². The zero-order valence-electron chi connectivity index (χ0n) is 19.9. The molecule has 3 aromatic carbocycles. The SMILES string of the molecule is CCC(c1ccccc1)N1Cc2cc(NC(=O)Nc3ccc(C(C)C)cc3)ccc2OCC1=O. The van der Waals surface area contributed by atoms with E-state index in [-0.39, 0.29) is 24.6 Å². The Balaban J connectivity index is 1.49. The van der Waals surface area contributed by atoms with Crippen molar-refractivity contribution in [2.75, 3.05) is 17.2 Å². The summed E-state index contributed by atoms with van der Waals surface area (Å²) < 4.78 is 5.79. The average Bonchev–Trinajstić information content (AvgIpc) is 2.99. The molecule has 4 rings (SSSR count). The van der Waals surface area contributed by atoms with Gasteiger partial charge in [0.2, 0.25) is 0 Å². The van der Waals surface area contributed by atoms with Gasteiger partial charge in [0, 0.05) is 16.9 Å². The Morgan fingerprint density at radius 1 is 0.941 bits per heavy atom. The lowest BCUT2D eigenvalue weighted by Gasteiger charge is -2.30. The van der Waals surface area contributed by atoms with E-state index < -0.39 is 0 Å². The molecule has 176 valence electrons. The molecule has 0 aromatic heterocycles. The maximum Gasteiger partial charge on any atom is 0.323 e. The lowest BCUT2D eigenvalue weighted by atomic mass is 10.0. The van der Waals surface area contributed by atoms with Crippen LogP contribution in [0.4, 0.5) is 16.2 Å². The number of carbonyl (C=O) groups excluding carboxylic acids is 2. The third-order valence-electron chi connectivity index (χ3n) is 6.11. The molecule has 0 saturated carbocycles. The molecule has 1 heterocycles. The van der Waals surface area contributed by atoms with Crippen molar-refractivity contribution in [3.63, 3.8) is 0 Å². The quantitative estimate of drug-likeness (QED) is 0.455. The smallest absolute Gasteiger partial charge is 0.323 e. The van der Waals surface area contributed by atoms with Crippen LogP contribution in [0.15, 0.2) is 72.8 Å². The summed E-state index contributed by atoms with van der Waals surface area (Å²) in [7, 11) is 0. The molecule has 0 radical (unpaired) electrons. The van der Waals surface area contributed by atoms with Crippen LogP contribution in [0.5, 0.6) is 5.75 Å². The number of carbonyl (C=O) groups is 2. The molecule has 0 bridgehead atoms. The van der Waals surface area contributed by atoms with Gasteiger partial charge >= 0.3 is 6.03 Å². The Morgan fingerprint density at radius 2 is 1.62 bits per heavy atom. The highest BCUT2D eigenvalue weighted by Gasteiger charge is 2.28. The molecule has 3 aromatic rings. The van der Waals surface area contributed by atoms with Crippen LogP contribution < -0.4 is 15.4 Å². The highest BCUT2D eigenvalue weighted by molar-refractivity contribution is 5.99. The Bertz CT molecular complexity index is 1140. The fourth-order valence-corrected chi connectivity index (χ4v) is 4.26. The number of hydrogen-bond donors (Lipinski definition) is 2. The maximum absolute atomic E-state index is 12.9. The monoisotopic (exact) mass is 457 g/mol. The summed E-state index contributed by atoms with van der Waals surface area (Å²) in [6.45, 7) is 6.75. The van der Waals surface area contributed by atoms with Gasteiger partial charge in [-0.1, -0.05) is 63.2 Å². The third-order valence-corrected chi connectivity index (χ3v) is 6.11. The van der Waals surface area contributed by atoms with E-state index in [0.29, 0.717) is 23.9 Å². The molecule has 1 unspecified atom stereocenters. The number of hydrogen-bond acceptors (Lipinski definition) is 3. The van der Waals surface area contributed by atoms with E-state index >= 15 is 0 Å². The fourth-order valence-electron chi connectivity index (χ4n) is 4.26. The number of nitrogens with one attached hydrogen (secondary N) is 2. The minimum Gasteiger partial charge on any atom is -0.483 e. The molecule has 6 heteroatoms. The number of nitrogens with zero attached hydrogens (tertiary/aromatic N) is 1. The van der Waals surface area contributed by atoms with E-state index in [1.807, 2.05) is 71.6 Å². The first-order valence-electron chi connectivity index (χ1n) is 11.7. The van der Waals surface area contributed by atoms with Gasteiger partial charge in [-0.05, 0) is 53.8 Å². The second kappa shape index (κ2) is 10.4. The first-order chi connectivity index (χ1) is 16.4. The van der Waals surface area contributed by atoms with E-state index in [1.54, 1.807) is 6.07 Å². The van der Waals surface area contributed by atoms with E-state index in [4.69, 9.17) is 4.74 Å². The van der Waals surface area contributed by atoms with Gasteiger partial charge in [0.15, 0.2) is 6.61 Å². The third kappa shape index (κ3) is 5.39. The molecular weight excluding hydrogens is 426 g/mol. The summed E-state index contributed by atoms with van der Waals surface area (Å²) in [5, 5.41) is 5.76. The zero-order valence-corrected chi connectivity index (χ0v) is 19.9. The van der Waals surface area contributed by atoms with Crippen molar-refractivity contribution < 1.29 is 14.3 Å².